The molecule has 0 aromatic rings. The Labute approximate surface area is 85.0 Å². The van der Waals surface area contributed by atoms with Gasteiger partial charge in [0.05, 0.1) is 6.10 Å². The third-order valence-electron chi connectivity index (χ3n) is 4.07. The van der Waals surface area contributed by atoms with Gasteiger partial charge in [-0.1, -0.05) is 12.5 Å². The molecule has 2 rings (SSSR count). The highest BCUT2D eigenvalue weighted by molar-refractivity contribution is 5.96. The number of carbonyl (C=O) groups excluding carboxylic acids is 1. The van der Waals surface area contributed by atoms with Crippen LogP contribution in [-0.4, -0.2) is 17.0 Å². The number of aliphatic hydroxyl groups is 1. The summed E-state index contributed by atoms with van der Waals surface area (Å²) in [6.07, 6.45) is 4.13. The highest BCUT2D eigenvalue weighted by Crippen LogP contribution is 2.48. The van der Waals surface area contributed by atoms with Crippen LogP contribution in [-0.2, 0) is 4.79 Å². The van der Waals surface area contributed by atoms with Crippen molar-refractivity contribution in [2.75, 3.05) is 0 Å². The summed E-state index contributed by atoms with van der Waals surface area (Å²) in [5, 5.41) is 10.0. The van der Waals surface area contributed by atoms with Gasteiger partial charge in [0, 0.05) is 11.8 Å². The average Bonchev–Trinajstić information content (AvgIpc) is 2.16. The molecule has 0 aromatic heterocycles. The Kier molecular flexibility index (Phi) is 2.26. The number of fused-ring (bicyclic) bond motifs is 1. The van der Waals surface area contributed by atoms with Crippen molar-refractivity contribution < 1.29 is 9.90 Å². The summed E-state index contributed by atoms with van der Waals surface area (Å²) in [5.41, 5.74) is 2.06. The van der Waals surface area contributed by atoms with Crippen molar-refractivity contribution in [1.82, 2.24) is 0 Å². The first-order valence-electron chi connectivity index (χ1n) is 5.47. The third-order valence-corrected chi connectivity index (χ3v) is 4.07. The van der Waals surface area contributed by atoms with E-state index in [0.29, 0.717) is 6.42 Å². The number of Topliss-reactive ketones (excluding diaryl/α,β-unsaturated/α-hetero) is 1. The van der Waals surface area contributed by atoms with Crippen LogP contribution in [0.5, 0.6) is 0 Å². The summed E-state index contributed by atoms with van der Waals surface area (Å²) < 4.78 is 0. The van der Waals surface area contributed by atoms with Crippen LogP contribution in [0.15, 0.2) is 11.1 Å². The Balaban J connectivity index is 2.45. The summed E-state index contributed by atoms with van der Waals surface area (Å²) in [5.74, 6) is 0.284. The van der Waals surface area contributed by atoms with Gasteiger partial charge in [-0.05, 0) is 38.2 Å². The number of hydrogen-bond acceptors (Lipinski definition) is 2. The van der Waals surface area contributed by atoms with Crippen LogP contribution in [0.25, 0.3) is 0 Å². The first-order chi connectivity index (χ1) is 6.55. The number of carbonyl (C=O) groups is 1. The van der Waals surface area contributed by atoms with E-state index in [1.807, 2.05) is 6.92 Å². The molecule has 0 aromatic carbocycles. The van der Waals surface area contributed by atoms with E-state index in [2.05, 4.69) is 6.92 Å². The van der Waals surface area contributed by atoms with Crippen molar-refractivity contribution in [2.45, 2.75) is 52.1 Å². The molecule has 78 valence electrons. The Hall–Kier alpha value is -0.630. The fourth-order valence-corrected chi connectivity index (χ4v) is 2.94. The minimum absolute atomic E-state index is 0.101. The molecule has 2 aliphatic rings. The van der Waals surface area contributed by atoms with E-state index in [4.69, 9.17) is 0 Å². The molecule has 0 spiro atoms. The van der Waals surface area contributed by atoms with Crippen molar-refractivity contribution >= 4 is 5.78 Å². The second-order valence-electron chi connectivity index (χ2n) is 4.85. The molecule has 2 unspecified atom stereocenters. The van der Waals surface area contributed by atoms with Gasteiger partial charge in [-0.3, -0.25) is 4.79 Å². The standard InChI is InChI=1S/C12H18O2/c1-8-9-4-3-5-11(14)12(9,2)7-6-10(8)13/h11,14H,3-7H2,1-2H3. The van der Waals surface area contributed by atoms with Gasteiger partial charge in [-0.15, -0.1) is 0 Å². The van der Waals surface area contributed by atoms with Gasteiger partial charge in [0.1, 0.15) is 0 Å². The fraction of sp³-hybridized carbons (Fsp3) is 0.750. The second-order valence-corrected chi connectivity index (χ2v) is 4.85. The maximum atomic E-state index is 11.6. The van der Waals surface area contributed by atoms with E-state index < -0.39 is 0 Å². The summed E-state index contributed by atoms with van der Waals surface area (Å²) in [7, 11) is 0. The molecule has 2 nitrogen and oxygen atoms in total. The Bertz CT molecular complexity index is 303. The fourth-order valence-electron chi connectivity index (χ4n) is 2.94. The molecule has 2 heteroatoms. The second kappa shape index (κ2) is 3.20. The number of rotatable bonds is 0. The van der Waals surface area contributed by atoms with E-state index in [1.54, 1.807) is 0 Å². The lowest BCUT2D eigenvalue weighted by Gasteiger charge is -2.44. The van der Waals surface area contributed by atoms with Crippen LogP contribution in [0.1, 0.15) is 46.0 Å². The largest absolute Gasteiger partial charge is 0.392 e. The van der Waals surface area contributed by atoms with Crippen molar-refractivity contribution in [3.05, 3.63) is 11.1 Å². The number of hydrogen-bond donors (Lipinski definition) is 1. The van der Waals surface area contributed by atoms with Gasteiger partial charge >= 0.3 is 0 Å². The van der Waals surface area contributed by atoms with Crippen LogP contribution in [0, 0.1) is 5.41 Å². The smallest absolute Gasteiger partial charge is 0.158 e. The normalized spacial score (nSPS) is 38.5. The molecular weight excluding hydrogens is 176 g/mol. The Morgan fingerprint density at radius 3 is 2.86 bits per heavy atom. The van der Waals surface area contributed by atoms with Crippen LogP contribution in [0.4, 0.5) is 0 Å². The van der Waals surface area contributed by atoms with Crippen LogP contribution < -0.4 is 0 Å². The van der Waals surface area contributed by atoms with Crippen LogP contribution in [0.2, 0.25) is 0 Å². The first-order valence-corrected chi connectivity index (χ1v) is 5.47. The van der Waals surface area contributed by atoms with Crippen molar-refractivity contribution in [3.63, 3.8) is 0 Å². The maximum Gasteiger partial charge on any atom is 0.158 e. The number of aliphatic hydroxyl groups excluding tert-OH is 1. The average molecular weight is 194 g/mol. The summed E-state index contributed by atoms with van der Waals surface area (Å²) in [6.45, 7) is 4.04. The van der Waals surface area contributed by atoms with Crippen LogP contribution >= 0.6 is 0 Å². The van der Waals surface area contributed by atoms with Crippen LogP contribution in [0.3, 0.4) is 0 Å². The van der Waals surface area contributed by atoms with Gasteiger partial charge in [0.2, 0.25) is 0 Å². The lowest BCUT2D eigenvalue weighted by atomic mass is 9.62. The summed E-state index contributed by atoms with van der Waals surface area (Å²) in [6, 6.07) is 0. The van der Waals surface area contributed by atoms with E-state index >= 15 is 0 Å². The van der Waals surface area contributed by atoms with Gasteiger partial charge in [-0.2, -0.15) is 0 Å². The van der Waals surface area contributed by atoms with Crippen molar-refractivity contribution in [1.29, 1.82) is 0 Å². The van der Waals surface area contributed by atoms with Crippen molar-refractivity contribution in [2.24, 2.45) is 5.41 Å². The Morgan fingerprint density at radius 1 is 1.43 bits per heavy atom. The molecule has 0 amide bonds. The predicted octanol–water partition coefficient (Wildman–Crippen LogP) is 2.22. The van der Waals surface area contributed by atoms with Gasteiger partial charge in [0.25, 0.3) is 0 Å². The molecular formula is C12H18O2. The molecule has 1 N–H and O–H groups in total. The van der Waals surface area contributed by atoms with E-state index in [9.17, 15) is 9.90 Å². The monoisotopic (exact) mass is 194 g/mol. The molecule has 2 aliphatic carbocycles. The van der Waals surface area contributed by atoms with Gasteiger partial charge in [0.15, 0.2) is 5.78 Å². The topological polar surface area (TPSA) is 37.3 Å². The molecule has 0 aliphatic heterocycles. The molecule has 2 atom stereocenters. The van der Waals surface area contributed by atoms with Gasteiger partial charge < -0.3 is 5.11 Å². The zero-order valence-corrected chi connectivity index (χ0v) is 8.97. The zero-order valence-electron chi connectivity index (χ0n) is 8.97. The number of allylic oxidation sites excluding steroid dienone is 1. The van der Waals surface area contributed by atoms with E-state index in [-0.39, 0.29) is 17.3 Å². The highest BCUT2D eigenvalue weighted by atomic mass is 16.3. The molecule has 1 fully saturated rings. The van der Waals surface area contributed by atoms with E-state index in [0.717, 1.165) is 31.3 Å². The molecule has 0 bridgehead atoms. The SMILES string of the molecule is CC1=C2CCCC(O)C2(C)CCC1=O. The quantitative estimate of drug-likeness (QED) is 0.642. The highest BCUT2D eigenvalue weighted by Gasteiger charge is 2.43. The third kappa shape index (κ3) is 1.24. The number of ketones is 1. The lowest BCUT2D eigenvalue weighted by molar-refractivity contribution is -0.117. The van der Waals surface area contributed by atoms with E-state index in [1.165, 1.54) is 5.57 Å². The van der Waals surface area contributed by atoms with Gasteiger partial charge in [-0.25, -0.2) is 0 Å². The predicted molar refractivity (Wildman–Crippen MR) is 54.9 cm³/mol. The lowest BCUT2D eigenvalue weighted by Crippen LogP contribution is -2.41. The first kappa shape index (κ1) is 9.91. The Morgan fingerprint density at radius 2 is 2.14 bits per heavy atom. The molecule has 1 saturated carbocycles. The summed E-state index contributed by atoms with van der Waals surface area (Å²) >= 11 is 0. The molecule has 0 heterocycles. The molecule has 0 radical (unpaired) electrons. The van der Waals surface area contributed by atoms with Crippen molar-refractivity contribution in [3.8, 4) is 0 Å². The minimum Gasteiger partial charge on any atom is -0.392 e. The zero-order chi connectivity index (χ0) is 10.3. The summed E-state index contributed by atoms with van der Waals surface area (Å²) in [4.78, 5) is 11.6. The maximum absolute atomic E-state index is 11.6. The minimum atomic E-state index is -0.241. The molecule has 0 saturated heterocycles. The molecule has 14 heavy (non-hydrogen) atoms.